The zero-order valence-electron chi connectivity index (χ0n) is 40.0. The van der Waals surface area contributed by atoms with Crippen LogP contribution in [0.25, 0.3) is 51.1 Å². The summed E-state index contributed by atoms with van der Waals surface area (Å²) in [5.41, 5.74) is 6.89. The summed E-state index contributed by atoms with van der Waals surface area (Å²) >= 11 is 0. The highest BCUT2D eigenvalue weighted by Crippen LogP contribution is 2.23. The van der Waals surface area contributed by atoms with Crippen LogP contribution in [0, 0.1) is 24.4 Å². The fourth-order valence-corrected chi connectivity index (χ4v) is 6.18. The third kappa shape index (κ3) is 13.8. The van der Waals surface area contributed by atoms with Crippen LogP contribution in [0.3, 0.4) is 0 Å². The smallest absolute Gasteiger partial charge is 0.182 e. The van der Waals surface area contributed by atoms with E-state index >= 15 is 0 Å². The molecule has 1 N–H and O–H groups in total. The van der Waals surface area contributed by atoms with Crippen molar-refractivity contribution in [2.45, 2.75) is 102 Å². The molecule has 0 unspecified atom stereocenters. The lowest BCUT2D eigenvalue weighted by Gasteiger charge is -2.10. The number of hydrogen-bond acceptors (Lipinski definition) is 13. The lowest BCUT2D eigenvalue weighted by Crippen LogP contribution is -2.23. The Balaban J connectivity index is 0.000000319. The third-order valence-electron chi connectivity index (χ3n) is 8.85. The van der Waals surface area contributed by atoms with Gasteiger partial charge in [-0.3, -0.25) is 15.0 Å². The van der Waals surface area contributed by atoms with Crippen LogP contribution in [0.2, 0.25) is 0 Å². The van der Waals surface area contributed by atoms with Gasteiger partial charge in [0, 0.05) is 102 Å². The van der Waals surface area contributed by atoms with E-state index in [0.29, 0.717) is 45.6 Å². The number of aromatic nitrogens is 15. The fourth-order valence-electron chi connectivity index (χ4n) is 6.18. The number of rotatable bonds is 5. The normalized spacial score (nSPS) is 10.8. The molecule has 16 nitrogen and oxygen atoms in total. The Morgan fingerprint density at radius 3 is 1.73 bits per heavy atom. The first-order valence-corrected chi connectivity index (χ1v) is 22.0. The van der Waals surface area contributed by atoms with E-state index in [1.54, 1.807) is 46.1 Å². The van der Waals surface area contributed by atoms with Gasteiger partial charge in [0.05, 0.1) is 36.2 Å². The minimum absolute atomic E-state index is 0. The van der Waals surface area contributed by atoms with E-state index in [0.717, 1.165) is 78.8 Å². The van der Waals surface area contributed by atoms with Crippen molar-refractivity contribution in [1.29, 1.82) is 0 Å². The quantitative estimate of drug-likeness (QED) is 0.163. The van der Waals surface area contributed by atoms with E-state index in [1.807, 2.05) is 80.7 Å². The molecule has 0 spiro atoms. The van der Waals surface area contributed by atoms with Gasteiger partial charge in [0.25, 0.3) is 0 Å². The lowest BCUT2D eigenvalue weighted by atomic mass is 10.1. The average molecular weight is 913 g/mol. The maximum absolute atomic E-state index is 13.4. The van der Waals surface area contributed by atoms with Crippen LogP contribution < -0.4 is 5.32 Å². The van der Waals surface area contributed by atoms with Gasteiger partial charge in [0.15, 0.2) is 34.4 Å². The van der Waals surface area contributed by atoms with Crippen molar-refractivity contribution in [2.75, 3.05) is 6.54 Å². The Hall–Kier alpha value is -7.02. The monoisotopic (exact) mass is 913 g/mol. The standard InChI is InChI=1S/C15H15FN6.C12H10FN5.C11H8FN5.4C2H6.2B/c1-2-13-19-14(9-5-10(16)7-18-6-9)20-15-11-8-17-4-3-12(11)21-22(13)15;1-2-10-12-15-3-4-18(12)17-11(16-10)8-5-9(13)7-14-6-8;1-7-15-11(8-4-9(12)6-13-5-8)16-10-2-3-14-17(7)10;4*1-2;;/h5-7,17H,2-4,8H2,1H3;3-7H,2H2,1H3;2-6H,1H3;4*1-2H3;;. The van der Waals surface area contributed by atoms with Crippen molar-refractivity contribution in [3.8, 4) is 34.2 Å². The van der Waals surface area contributed by atoms with Crippen LogP contribution >= 0.6 is 0 Å². The van der Waals surface area contributed by atoms with Crippen molar-refractivity contribution < 1.29 is 13.2 Å². The third-order valence-corrected chi connectivity index (χ3v) is 8.85. The number of fused-ring (bicyclic) bond motifs is 5. The maximum atomic E-state index is 13.4. The molecule has 9 aromatic heterocycles. The van der Waals surface area contributed by atoms with Gasteiger partial charge in [0.1, 0.15) is 29.1 Å². The van der Waals surface area contributed by atoms with E-state index in [-0.39, 0.29) is 16.8 Å². The van der Waals surface area contributed by atoms with Crippen molar-refractivity contribution in [3.63, 3.8) is 0 Å². The molecule has 0 fully saturated rings. The molecule has 0 bridgehead atoms. The Bertz CT molecular complexity index is 2890. The highest BCUT2D eigenvalue weighted by atomic mass is 19.1. The number of imidazole rings is 1. The topological polar surface area (TPSA) is 180 Å². The molecule has 0 saturated heterocycles. The number of hydrogen-bond donors (Lipinski definition) is 1. The molecule has 9 aromatic rings. The number of pyridine rings is 3. The zero-order chi connectivity index (χ0) is 47.5. The van der Waals surface area contributed by atoms with E-state index in [9.17, 15) is 13.2 Å². The average Bonchev–Trinajstić information content (AvgIpc) is 4.14. The summed E-state index contributed by atoms with van der Waals surface area (Å²) in [6.07, 6.45) is 15.5. The second-order valence-electron chi connectivity index (χ2n) is 12.7. The van der Waals surface area contributed by atoms with Gasteiger partial charge in [-0.25, -0.2) is 56.6 Å². The van der Waals surface area contributed by atoms with Gasteiger partial charge in [0.2, 0.25) is 0 Å². The molecule has 0 aliphatic carbocycles. The molecule has 1 aliphatic heterocycles. The van der Waals surface area contributed by atoms with Crippen LogP contribution in [0.15, 0.2) is 80.0 Å². The zero-order valence-corrected chi connectivity index (χ0v) is 40.0. The minimum Gasteiger partial charge on any atom is -0.312 e. The predicted octanol–water partition coefficient (Wildman–Crippen LogP) is 8.40. The summed E-state index contributed by atoms with van der Waals surface area (Å²) in [6.45, 7) is 23.5. The van der Waals surface area contributed by atoms with Crippen molar-refractivity contribution >= 4 is 33.8 Å². The molecular formula is C46H57B2F3N16. The second-order valence-corrected chi connectivity index (χ2v) is 12.7. The molecule has 0 saturated carbocycles. The molecule has 6 radical (unpaired) electrons. The van der Waals surface area contributed by atoms with E-state index < -0.39 is 17.5 Å². The molecule has 10 rings (SSSR count). The predicted molar refractivity (Wildman–Crippen MR) is 258 cm³/mol. The summed E-state index contributed by atoms with van der Waals surface area (Å²) < 4.78 is 44.7. The summed E-state index contributed by atoms with van der Waals surface area (Å²) in [6, 6.07) is 5.89. The van der Waals surface area contributed by atoms with Crippen LogP contribution in [-0.2, 0) is 25.8 Å². The minimum atomic E-state index is -0.405. The highest BCUT2D eigenvalue weighted by Gasteiger charge is 2.21. The van der Waals surface area contributed by atoms with Gasteiger partial charge >= 0.3 is 0 Å². The van der Waals surface area contributed by atoms with Crippen molar-refractivity contribution in [2.24, 2.45) is 0 Å². The van der Waals surface area contributed by atoms with E-state index in [1.165, 1.54) is 30.6 Å². The fraction of sp³-hybridized carbons (Fsp3) is 0.348. The lowest BCUT2D eigenvalue weighted by molar-refractivity contribution is 0.621. The van der Waals surface area contributed by atoms with Crippen LogP contribution in [0.1, 0.15) is 97.8 Å². The van der Waals surface area contributed by atoms with Gasteiger partial charge < -0.3 is 5.32 Å². The molecular weight excluding hydrogens is 855 g/mol. The van der Waals surface area contributed by atoms with Gasteiger partial charge in [-0.2, -0.15) is 10.2 Å². The van der Waals surface area contributed by atoms with Gasteiger partial charge in [-0.1, -0.05) is 69.2 Å². The van der Waals surface area contributed by atoms with E-state index in [4.69, 9.17) is 0 Å². The highest BCUT2D eigenvalue weighted by molar-refractivity contribution is 5.76. The largest absolute Gasteiger partial charge is 0.312 e. The van der Waals surface area contributed by atoms with Crippen molar-refractivity contribution in [3.05, 3.63) is 126 Å². The Morgan fingerprint density at radius 2 is 1.18 bits per heavy atom. The molecule has 10 heterocycles. The second kappa shape index (κ2) is 28.1. The van der Waals surface area contributed by atoms with Crippen LogP contribution in [-0.4, -0.2) is 97.1 Å². The summed E-state index contributed by atoms with van der Waals surface area (Å²) in [5, 5.41) is 16.3. The first-order chi connectivity index (χ1) is 31.8. The molecule has 67 heavy (non-hydrogen) atoms. The first kappa shape index (κ1) is 56.1. The Kier molecular flexibility index (Phi) is 23.5. The summed E-state index contributed by atoms with van der Waals surface area (Å²) in [5.74, 6) is 1.70. The maximum Gasteiger partial charge on any atom is 0.182 e. The Morgan fingerprint density at radius 1 is 0.612 bits per heavy atom. The number of nitrogens with one attached hydrogen (secondary N) is 1. The Labute approximate surface area is 393 Å². The molecule has 0 aromatic carbocycles. The number of halogens is 3. The van der Waals surface area contributed by atoms with E-state index in [2.05, 4.69) is 65.5 Å². The molecule has 1 aliphatic rings. The number of nitrogens with zero attached hydrogens (tertiary/aromatic N) is 15. The summed E-state index contributed by atoms with van der Waals surface area (Å²) in [4.78, 5) is 37.8. The molecule has 0 amide bonds. The molecule has 0 atom stereocenters. The number of aryl methyl sites for hydroxylation is 3. The molecule has 21 heteroatoms. The van der Waals surface area contributed by atoms with Gasteiger partial charge in [-0.05, 0) is 31.5 Å². The SMILES string of the molecule is CC.CC.CC.CC.CCc1nc(-c2cncc(F)c2)nc2c3c(nn12)CCNC3.CCc1nc(-c2cncc(F)c2)nn2ccnc12.Cc1nc(-c2cncc(F)c2)nc2ccnn12.[B].[B]. The van der Waals surface area contributed by atoms with Gasteiger partial charge in [-0.15, -0.1) is 5.10 Å². The van der Waals surface area contributed by atoms with Crippen LogP contribution in [0.4, 0.5) is 13.2 Å². The van der Waals surface area contributed by atoms with Crippen molar-refractivity contribution in [1.82, 2.24) is 79.0 Å². The van der Waals surface area contributed by atoms with Crippen LogP contribution in [0.5, 0.6) is 0 Å². The summed E-state index contributed by atoms with van der Waals surface area (Å²) in [7, 11) is 0. The first-order valence-electron chi connectivity index (χ1n) is 22.0. The molecule has 348 valence electrons.